The van der Waals surface area contributed by atoms with E-state index in [4.69, 9.17) is 10.5 Å². The van der Waals surface area contributed by atoms with E-state index in [1.165, 1.54) is 6.42 Å². The minimum atomic E-state index is -0.356. The molecule has 2 rings (SSSR count). The van der Waals surface area contributed by atoms with Crippen LogP contribution in [0, 0.1) is 0 Å². The smallest absolute Gasteiger partial charge is 0.340 e. The van der Waals surface area contributed by atoms with Gasteiger partial charge in [0.2, 0.25) is 0 Å². The van der Waals surface area contributed by atoms with Gasteiger partial charge in [-0.3, -0.25) is 0 Å². The minimum absolute atomic E-state index is 0.353. The molecule has 0 spiro atoms. The van der Waals surface area contributed by atoms with Crippen molar-refractivity contribution in [3.63, 3.8) is 0 Å². The fourth-order valence-electron chi connectivity index (χ4n) is 2.90. The molecule has 5 nitrogen and oxygen atoms in total. The van der Waals surface area contributed by atoms with Gasteiger partial charge in [-0.2, -0.15) is 0 Å². The number of likely N-dealkylation sites (N-methyl/N-ethyl adjacent to an activating group) is 2. The van der Waals surface area contributed by atoms with Crippen molar-refractivity contribution in [2.24, 2.45) is 0 Å². The Kier molecular flexibility index (Phi) is 5.07. The predicted octanol–water partition coefficient (Wildman–Crippen LogP) is 1.98. The molecule has 1 unspecified atom stereocenters. The van der Waals surface area contributed by atoms with Crippen LogP contribution in [0.15, 0.2) is 18.2 Å². The van der Waals surface area contributed by atoms with Crippen molar-refractivity contribution in [3.05, 3.63) is 23.8 Å². The summed E-state index contributed by atoms with van der Waals surface area (Å²) < 4.78 is 5.06. The highest BCUT2D eigenvalue weighted by Crippen LogP contribution is 2.29. The average Bonchev–Trinajstić information content (AvgIpc) is 2.47. The van der Waals surface area contributed by atoms with Crippen molar-refractivity contribution in [2.75, 3.05) is 44.4 Å². The molecular weight excluding hydrogens is 266 g/mol. The number of piperidine rings is 1. The van der Waals surface area contributed by atoms with Gasteiger partial charge in [0.25, 0.3) is 0 Å². The number of carbonyl (C=O) groups is 1. The SMILES string of the molecule is CCOC(=O)c1cccc(N(C)C2CCCN(C)C2)c1N. The lowest BCUT2D eigenvalue weighted by Gasteiger charge is -2.37. The fraction of sp³-hybridized carbons (Fsp3) is 0.562. The van der Waals surface area contributed by atoms with Crippen molar-refractivity contribution < 1.29 is 9.53 Å². The Morgan fingerprint density at radius 2 is 2.29 bits per heavy atom. The summed E-state index contributed by atoms with van der Waals surface area (Å²) in [4.78, 5) is 16.5. The Morgan fingerprint density at radius 1 is 1.52 bits per heavy atom. The van der Waals surface area contributed by atoms with Gasteiger partial charge in [-0.05, 0) is 45.5 Å². The summed E-state index contributed by atoms with van der Waals surface area (Å²) in [6.45, 7) is 4.30. The molecule has 1 fully saturated rings. The van der Waals surface area contributed by atoms with Gasteiger partial charge in [0.15, 0.2) is 0 Å². The number of rotatable bonds is 4. The number of nitrogens with zero attached hydrogens (tertiary/aromatic N) is 2. The highest BCUT2D eigenvalue weighted by Gasteiger charge is 2.24. The zero-order valence-corrected chi connectivity index (χ0v) is 13.1. The lowest BCUT2D eigenvalue weighted by molar-refractivity contribution is 0.0527. The van der Waals surface area contributed by atoms with Crippen LogP contribution in [0.25, 0.3) is 0 Å². The van der Waals surface area contributed by atoms with E-state index in [9.17, 15) is 4.79 Å². The number of hydrogen-bond acceptors (Lipinski definition) is 5. The van der Waals surface area contributed by atoms with Crippen LogP contribution in [0.3, 0.4) is 0 Å². The first-order valence-corrected chi connectivity index (χ1v) is 7.51. The number of esters is 1. The molecule has 0 aromatic heterocycles. The monoisotopic (exact) mass is 291 g/mol. The number of carbonyl (C=O) groups excluding carboxylic acids is 1. The third-order valence-corrected chi connectivity index (χ3v) is 4.11. The van der Waals surface area contributed by atoms with E-state index in [-0.39, 0.29) is 5.97 Å². The average molecular weight is 291 g/mol. The van der Waals surface area contributed by atoms with Crippen LogP contribution in [0.5, 0.6) is 0 Å². The highest BCUT2D eigenvalue weighted by atomic mass is 16.5. The van der Waals surface area contributed by atoms with Gasteiger partial charge in [-0.25, -0.2) is 4.79 Å². The first-order valence-electron chi connectivity index (χ1n) is 7.51. The molecule has 1 heterocycles. The standard InChI is InChI=1S/C16H25N3O2/c1-4-21-16(20)13-8-5-9-14(15(13)17)19(3)12-7-6-10-18(2)11-12/h5,8-9,12H,4,6-7,10-11,17H2,1-3H3. The molecule has 1 saturated heterocycles. The van der Waals surface area contributed by atoms with Gasteiger partial charge in [-0.15, -0.1) is 0 Å². The van der Waals surface area contributed by atoms with Crippen molar-refractivity contribution in [3.8, 4) is 0 Å². The Labute approximate surface area is 126 Å². The summed E-state index contributed by atoms with van der Waals surface area (Å²) in [7, 11) is 4.18. The van der Waals surface area contributed by atoms with E-state index in [1.807, 2.05) is 19.2 Å². The largest absolute Gasteiger partial charge is 0.462 e. The molecule has 21 heavy (non-hydrogen) atoms. The molecule has 1 aromatic rings. The Morgan fingerprint density at radius 3 is 2.95 bits per heavy atom. The van der Waals surface area contributed by atoms with Crippen molar-refractivity contribution in [2.45, 2.75) is 25.8 Å². The molecule has 0 amide bonds. The number of anilines is 2. The molecule has 1 aromatic carbocycles. The molecule has 0 saturated carbocycles. The van der Waals surface area contributed by atoms with Crippen LogP contribution >= 0.6 is 0 Å². The van der Waals surface area contributed by atoms with Gasteiger partial charge in [-0.1, -0.05) is 6.07 Å². The predicted molar refractivity (Wildman–Crippen MR) is 85.7 cm³/mol. The molecule has 1 atom stereocenters. The summed E-state index contributed by atoms with van der Waals surface area (Å²) in [6, 6.07) is 5.97. The van der Waals surface area contributed by atoms with Gasteiger partial charge in [0.05, 0.1) is 23.5 Å². The van der Waals surface area contributed by atoms with Crippen LogP contribution in [0.4, 0.5) is 11.4 Å². The maximum Gasteiger partial charge on any atom is 0.340 e. The molecule has 0 bridgehead atoms. The molecule has 5 heteroatoms. The zero-order chi connectivity index (χ0) is 15.4. The number of hydrogen-bond donors (Lipinski definition) is 1. The van der Waals surface area contributed by atoms with E-state index in [1.54, 1.807) is 13.0 Å². The first-order chi connectivity index (χ1) is 10.0. The third-order valence-electron chi connectivity index (χ3n) is 4.11. The van der Waals surface area contributed by atoms with Gasteiger partial charge in [0, 0.05) is 19.6 Å². The van der Waals surface area contributed by atoms with Crippen LogP contribution in [0.2, 0.25) is 0 Å². The first kappa shape index (κ1) is 15.6. The topological polar surface area (TPSA) is 58.8 Å². The van der Waals surface area contributed by atoms with E-state index in [2.05, 4.69) is 16.8 Å². The molecule has 0 aliphatic carbocycles. The van der Waals surface area contributed by atoms with Gasteiger partial charge < -0.3 is 20.3 Å². The molecule has 116 valence electrons. The highest BCUT2D eigenvalue weighted by molar-refractivity contribution is 5.98. The lowest BCUT2D eigenvalue weighted by atomic mass is 10.0. The molecule has 1 aliphatic rings. The summed E-state index contributed by atoms with van der Waals surface area (Å²) in [5, 5.41) is 0. The second-order valence-corrected chi connectivity index (χ2v) is 5.63. The maximum atomic E-state index is 11.9. The zero-order valence-electron chi connectivity index (χ0n) is 13.1. The summed E-state index contributed by atoms with van der Waals surface area (Å²) in [5.41, 5.74) is 8.06. The number of benzene rings is 1. The number of para-hydroxylation sites is 1. The number of ether oxygens (including phenoxy) is 1. The Balaban J connectivity index is 2.23. The second-order valence-electron chi connectivity index (χ2n) is 5.63. The summed E-state index contributed by atoms with van der Waals surface area (Å²) in [5.74, 6) is -0.356. The molecule has 1 aliphatic heterocycles. The van der Waals surface area contributed by atoms with Gasteiger partial charge >= 0.3 is 5.97 Å². The van der Waals surface area contributed by atoms with Crippen LogP contribution < -0.4 is 10.6 Å². The van der Waals surface area contributed by atoms with E-state index >= 15 is 0 Å². The van der Waals surface area contributed by atoms with E-state index in [0.717, 1.165) is 25.2 Å². The van der Waals surface area contributed by atoms with Crippen LogP contribution in [0.1, 0.15) is 30.1 Å². The quantitative estimate of drug-likeness (QED) is 0.679. The van der Waals surface area contributed by atoms with Crippen molar-refractivity contribution in [1.82, 2.24) is 4.90 Å². The number of nitrogens with two attached hydrogens (primary N) is 1. The van der Waals surface area contributed by atoms with E-state index in [0.29, 0.717) is 23.9 Å². The van der Waals surface area contributed by atoms with Crippen molar-refractivity contribution in [1.29, 1.82) is 0 Å². The second kappa shape index (κ2) is 6.80. The van der Waals surface area contributed by atoms with Crippen LogP contribution in [-0.2, 0) is 4.74 Å². The maximum absolute atomic E-state index is 11.9. The van der Waals surface area contributed by atoms with Crippen molar-refractivity contribution >= 4 is 17.3 Å². The molecular formula is C16H25N3O2. The summed E-state index contributed by atoms with van der Waals surface area (Å²) >= 11 is 0. The Hall–Kier alpha value is -1.75. The number of likely N-dealkylation sites (tertiary alicyclic amines) is 1. The fourth-order valence-corrected chi connectivity index (χ4v) is 2.90. The van der Waals surface area contributed by atoms with Gasteiger partial charge in [0.1, 0.15) is 0 Å². The summed E-state index contributed by atoms with van der Waals surface area (Å²) in [6.07, 6.45) is 2.33. The molecule has 2 N–H and O–H groups in total. The minimum Gasteiger partial charge on any atom is -0.462 e. The third kappa shape index (κ3) is 3.47. The number of nitrogen functional groups attached to an aromatic ring is 1. The Bertz CT molecular complexity index is 504. The van der Waals surface area contributed by atoms with E-state index < -0.39 is 0 Å². The molecule has 0 radical (unpaired) electrons. The normalized spacial score (nSPS) is 19.3. The lowest BCUT2D eigenvalue weighted by Crippen LogP contribution is -2.45. The van der Waals surface area contributed by atoms with Crippen LogP contribution in [-0.4, -0.2) is 50.7 Å².